The van der Waals surface area contributed by atoms with Gasteiger partial charge in [-0.1, -0.05) is 5.21 Å². The summed E-state index contributed by atoms with van der Waals surface area (Å²) in [5.74, 6) is -0.509. The Morgan fingerprint density at radius 1 is 1.48 bits per heavy atom. The summed E-state index contributed by atoms with van der Waals surface area (Å²) in [4.78, 5) is 11.9. The lowest BCUT2D eigenvalue weighted by molar-refractivity contribution is 0.0595. The van der Waals surface area contributed by atoms with Gasteiger partial charge in [-0.05, 0) is 22.4 Å². The van der Waals surface area contributed by atoms with Gasteiger partial charge in [-0.15, -0.1) is 5.10 Å². The third kappa shape index (κ3) is 2.57. The Balaban J connectivity index is 2.07. The van der Waals surface area contributed by atoms with Gasteiger partial charge in [0, 0.05) is 18.8 Å². The van der Waals surface area contributed by atoms with Gasteiger partial charge < -0.3 is 4.74 Å². The van der Waals surface area contributed by atoms with Crippen LogP contribution in [0.1, 0.15) is 16.1 Å². The van der Waals surface area contributed by atoms with Crippen LogP contribution in [0.25, 0.3) is 11.3 Å². The summed E-state index contributed by atoms with van der Waals surface area (Å²) in [5.41, 5.74) is 2.69. The van der Waals surface area contributed by atoms with Crippen molar-refractivity contribution in [3.8, 4) is 11.3 Å². The lowest BCUT2D eigenvalue weighted by Gasteiger charge is -2.04. The number of esters is 1. The van der Waals surface area contributed by atoms with E-state index in [2.05, 4.69) is 15.4 Å². The van der Waals surface area contributed by atoms with Crippen LogP contribution in [0.3, 0.4) is 0 Å². The van der Waals surface area contributed by atoms with E-state index in [9.17, 15) is 4.79 Å². The minimum absolute atomic E-state index is 0.195. The molecule has 0 atom stereocenters. The molecule has 8 heteroatoms. The monoisotopic (exact) mass is 303 g/mol. The number of methoxy groups -OCH3 is 1. The predicted octanol–water partition coefficient (Wildman–Crippen LogP) is 1.57. The Morgan fingerprint density at radius 3 is 2.95 bits per heavy atom. The Hall–Kier alpha value is -2.48. The third-order valence-electron chi connectivity index (χ3n) is 3.00. The number of carbonyl (C=O) groups is 1. The smallest absolute Gasteiger partial charge is 0.360 e. The van der Waals surface area contributed by atoms with Crippen molar-refractivity contribution in [2.75, 3.05) is 7.11 Å². The zero-order valence-electron chi connectivity index (χ0n) is 11.6. The second-order valence-corrected chi connectivity index (χ2v) is 5.25. The van der Waals surface area contributed by atoms with E-state index in [0.717, 1.165) is 11.1 Å². The van der Waals surface area contributed by atoms with Crippen molar-refractivity contribution in [3.63, 3.8) is 0 Å². The molecule has 21 heavy (non-hydrogen) atoms. The number of aromatic nitrogens is 5. The molecule has 0 spiro atoms. The van der Waals surface area contributed by atoms with Gasteiger partial charge in [-0.2, -0.15) is 16.4 Å². The normalized spacial score (nSPS) is 10.8. The molecule has 0 aliphatic carbocycles. The van der Waals surface area contributed by atoms with E-state index in [0.29, 0.717) is 12.2 Å². The van der Waals surface area contributed by atoms with Crippen molar-refractivity contribution in [1.29, 1.82) is 0 Å². The summed E-state index contributed by atoms with van der Waals surface area (Å²) >= 11 is 1.61. The maximum atomic E-state index is 11.9. The molecule has 0 unspecified atom stereocenters. The van der Waals surface area contributed by atoms with Gasteiger partial charge in [0.25, 0.3) is 0 Å². The van der Waals surface area contributed by atoms with E-state index in [1.54, 1.807) is 26.9 Å². The summed E-state index contributed by atoms with van der Waals surface area (Å²) in [5, 5.41) is 16.2. The molecule has 0 amide bonds. The van der Waals surface area contributed by atoms with Crippen LogP contribution < -0.4 is 0 Å². The van der Waals surface area contributed by atoms with Crippen molar-refractivity contribution in [2.24, 2.45) is 7.05 Å². The number of hydrogen-bond donors (Lipinski definition) is 0. The van der Waals surface area contributed by atoms with Gasteiger partial charge in [0.2, 0.25) is 0 Å². The molecule has 3 rings (SSSR count). The molecule has 0 radical (unpaired) electrons. The minimum Gasteiger partial charge on any atom is -0.464 e. The van der Waals surface area contributed by atoms with E-state index in [1.165, 1.54) is 7.11 Å². The van der Waals surface area contributed by atoms with Crippen LogP contribution in [0.15, 0.2) is 29.2 Å². The quantitative estimate of drug-likeness (QED) is 0.684. The van der Waals surface area contributed by atoms with Crippen molar-refractivity contribution in [3.05, 3.63) is 40.5 Å². The number of rotatable bonds is 4. The minimum atomic E-state index is -0.509. The molecule has 7 nitrogen and oxygen atoms in total. The summed E-state index contributed by atoms with van der Waals surface area (Å²) in [7, 11) is 3.14. The maximum Gasteiger partial charge on any atom is 0.360 e. The van der Waals surface area contributed by atoms with E-state index < -0.39 is 5.97 Å². The average molecular weight is 303 g/mol. The first-order valence-electron chi connectivity index (χ1n) is 6.21. The highest BCUT2D eigenvalue weighted by Gasteiger charge is 2.22. The molecule has 3 aromatic rings. The topological polar surface area (TPSA) is 74.8 Å². The molecule has 0 saturated heterocycles. The standard InChI is InChI=1S/C13H13N5O2S/c1-17-7-10(5-14-17)12-11(13(19)20-2)15-16-18(12)6-9-3-4-21-8-9/h3-5,7-8H,6H2,1-2H3. The summed E-state index contributed by atoms with van der Waals surface area (Å²) in [6, 6.07) is 2.01. The Kier molecular flexibility index (Phi) is 3.53. The van der Waals surface area contributed by atoms with Crippen molar-refractivity contribution in [1.82, 2.24) is 24.8 Å². The SMILES string of the molecule is COC(=O)c1nnn(Cc2ccsc2)c1-c1cnn(C)c1. The van der Waals surface area contributed by atoms with Crippen LogP contribution in [0.2, 0.25) is 0 Å². The van der Waals surface area contributed by atoms with Crippen LogP contribution >= 0.6 is 11.3 Å². The fourth-order valence-corrected chi connectivity index (χ4v) is 2.70. The van der Waals surface area contributed by atoms with E-state index >= 15 is 0 Å². The first-order valence-corrected chi connectivity index (χ1v) is 7.15. The summed E-state index contributed by atoms with van der Waals surface area (Å²) in [6.07, 6.45) is 3.49. The van der Waals surface area contributed by atoms with Crippen LogP contribution in [-0.2, 0) is 18.3 Å². The Morgan fingerprint density at radius 2 is 2.33 bits per heavy atom. The Bertz CT molecular complexity index is 759. The predicted molar refractivity (Wildman–Crippen MR) is 77.0 cm³/mol. The van der Waals surface area contributed by atoms with Crippen LogP contribution in [-0.4, -0.2) is 37.9 Å². The average Bonchev–Trinajstić information content (AvgIpc) is 3.19. The van der Waals surface area contributed by atoms with Crippen molar-refractivity contribution in [2.45, 2.75) is 6.54 Å². The second-order valence-electron chi connectivity index (χ2n) is 4.47. The zero-order chi connectivity index (χ0) is 14.8. The zero-order valence-corrected chi connectivity index (χ0v) is 12.4. The van der Waals surface area contributed by atoms with Gasteiger partial charge in [-0.25, -0.2) is 9.48 Å². The van der Waals surface area contributed by atoms with Gasteiger partial charge in [-0.3, -0.25) is 4.68 Å². The molecule has 0 aromatic carbocycles. The Labute approximate surface area is 124 Å². The first kappa shape index (κ1) is 13.5. The lowest BCUT2D eigenvalue weighted by Crippen LogP contribution is -2.07. The fraction of sp³-hybridized carbons (Fsp3) is 0.231. The summed E-state index contributed by atoms with van der Waals surface area (Å²) < 4.78 is 8.12. The second kappa shape index (κ2) is 5.49. The van der Waals surface area contributed by atoms with Crippen LogP contribution in [0.4, 0.5) is 0 Å². The van der Waals surface area contributed by atoms with E-state index in [-0.39, 0.29) is 5.69 Å². The summed E-state index contributed by atoms with van der Waals surface area (Å²) in [6.45, 7) is 0.539. The van der Waals surface area contributed by atoms with Crippen LogP contribution in [0.5, 0.6) is 0 Å². The largest absolute Gasteiger partial charge is 0.464 e. The number of nitrogens with zero attached hydrogens (tertiary/aromatic N) is 5. The highest BCUT2D eigenvalue weighted by molar-refractivity contribution is 7.07. The fourth-order valence-electron chi connectivity index (χ4n) is 2.04. The van der Waals surface area contributed by atoms with Crippen molar-refractivity contribution < 1.29 is 9.53 Å². The van der Waals surface area contributed by atoms with Gasteiger partial charge in [0.1, 0.15) is 5.69 Å². The number of carbonyl (C=O) groups excluding carboxylic acids is 1. The molecule has 0 aliphatic heterocycles. The molecule has 3 aromatic heterocycles. The highest BCUT2D eigenvalue weighted by Crippen LogP contribution is 2.23. The van der Waals surface area contributed by atoms with E-state index in [4.69, 9.17) is 4.74 Å². The molecule has 0 bridgehead atoms. The van der Waals surface area contributed by atoms with Crippen molar-refractivity contribution >= 4 is 17.3 Å². The van der Waals surface area contributed by atoms with Gasteiger partial charge >= 0.3 is 5.97 Å². The highest BCUT2D eigenvalue weighted by atomic mass is 32.1. The molecule has 0 aliphatic rings. The molecule has 0 saturated carbocycles. The third-order valence-corrected chi connectivity index (χ3v) is 3.74. The maximum absolute atomic E-state index is 11.9. The molecular formula is C13H13N5O2S. The number of ether oxygens (including phenoxy) is 1. The molecule has 3 heterocycles. The van der Waals surface area contributed by atoms with Crippen LogP contribution in [0, 0.1) is 0 Å². The lowest BCUT2D eigenvalue weighted by atomic mass is 10.2. The van der Waals surface area contributed by atoms with Gasteiger partial charge in [0.05, 0.1) is 19.9 Å². The molecule has 108 valence electrons. The number of hydrogen-bond acceptors (Lipinski definition) is 6. The number of aryl methyl sites for hydroxylation is 1. The van der Waals surface area contributed by atoms with E-state index in [1.807, 2.05) is 30.1 Å². The molecule has 0 fully saturated rings. The van der Waals surface area contributed by atoms with Gasteiger partial charge in [0.15, 0.2) is 5.69 Å². The number of thiophene rings is 1. The molecular weight excluding hydrogens is 290 g/mol. The molecule has 0 N–H and O–H groups in total. The first-order chi connectivity index (χ1) is 10.2.